The molecule has 98 valence electrons. The highest BCUT2D eigenvalue weighted by atomic mass is 32.1. The molecule has 17 heavy (non-hydrogen) atoms. The topological polar surface area (TPSA) is 24.9 Å². The van der Waals surface area contributed by atoms with Crippen molar-refractivity contribution in [2.75, 3.05) is 0 Å². The van der Waals surface area contributed by atoms with E-state index < -0.39 is 0 Å². The molecule has 0 bridgehead atoms. The number of hydrogen-bond acceptors (Lipinski definition) is 3. The summed E-state index contributed by atoms with van der Waals surface area (Å²) in [6, 6.07) is 0. The lowest BCUT2D eigenvalue weighted by Gasteiger charge is -2.25. The van der Waals surface area contributed by atoms with Gasteiger partial charge in [-0.3, -0.25) is 0 Å². The second kappa shape index (κ2) is 5.49. The van der Waals surface area contributed by atoms with Crippen LogP contribution in [-0.2, 0) is 12.0 Å². The zero-order valence-corrected chi connectivity index (χ0v) is 12.9. The minimum absolute atomic E-state index is 0.169. The Labute approximate surface area is 110 Å². The van der Waals surface area contributed by atoms with E-state index in [4.69, 9.17) is 4.98 Å². The Morgan fingerprint density at radius 2 is 1.88 bits per heavy atom. The molecule has 0 fully saturated rings. The van der Waals surface area contributed by atoms with Gasteiger partial charge in [-0.2, -0.15) is 0 Å². The van der Waals surface area contributed by atoms with Gasteiger partial charge in [0.1, 0.15) is 0 Å². The van der Waals surface area contributed by atoms with Crippen molar-refractivity contribution in [3.05, 3.63) is 16.1 Å². The van der Waals surface area contributed by atoms with E-state index in [1.54, 1.807) is 11.3 Å². The van der Waals surface area contributed by atoms with Gasteiger partial charge in [0.2, 0.25) is 0 Å². The summed E-state index contributed by atoms with van der Waals surface area (Å²) in [6.07, 6.45) is 2.41. The molecule has 1 N–H and O–H groups in total. The minimum Gasteiger partial charge on any atom is -0.306 e. The largest absolute Gasteiger partial charge is 0.306 e. The van der Waals surface area contributed by atoms with Gasteiger partial charge in [-0.15, -0.1) is 11.3 Å². The molecule has 1 rings (SSSR count). The number of thiazole rings is 1. The molecule has 1 aromatic heterocycles. The molecular formula is C14H26N2S. The Balaban J connectivity index is 2.56. The molecule has 0 atom stereocenters. The van der Waals surface area contributed by atoms with Gasteiger partial charge >= 0.3 is 0 Å². The highest BCUT2D eigenvalue weighted by Gasteiger charge is 2.19. The maximum Gasteiger partial charge on any atom is 0.0982 e. The predicted molar refractivity (Wildman–Crippen MR) is 76.6 cm³/mol. The summed E-state index contributed by atoms with van der Waals surface area (Å²) < 4.78 is 0. The quantitative estimate of drug-likeness (QED) is 0.855. The third-order valence-electron chi connectivity index (χ3n) is 2.82. The van der Waals surface area contributed by atoms with Crippen LogP contribution in [0.15, 0.2) is 5.38 Å². The van der Waals surface area contributed by atoms with Crippen molar-refractivity contribution in [1.29, 1.82) is 0 Å². The maximum absolute atomic E-state index is 4.70. The third kappa shape index (κ3) is 4.76. The molecule has 1 aromatic rings. The van der Waals surface area contributed by atoms with E-state index in [0.29, 0.717) is 0 Å². The van der Waals surface area contributed by atoms with E-state index in [1.165, 1.54) is 23.5 Å². The van der Waals surface area contributed by atoms with Gasteiger partial charge in [0.15, 0.2) is 0 Å². The zero-order valence-electron chi connectivity index (χ0n) is 12.1. The molecule has 0 amide bonds. The van der Waals surface area contributed by atoms with Crippen LogP contribution in [0.1, 0.15) is 65.1 Å². The first-order valence-electron chi connectivity index (χ1n) is 6.44. The molecule has 0 spiro atoms. The summed E-state index contributed by atoms with van der Waals surface area (Å²) in [4.78, 5) is 4.70. The fourth-order valence-corrected chi connectivity index (χ4v) is 2.68. The Morgan fingerprint density at radius 1 is 1.24 bits per heavy atom. The van der Waals surface area contributed by atoms with Crippen molar-refractivity contribution in [1.82, 2.24) is 10.3 Å². The standard InChI is InChI=1S/C14H26N2S/c1-7-8-14(5,6)15-9-11-10-17-12(16-11)13(2,3)4/h10,15H,7-9H2,1-6H3. The predicted octanol–water partition coefficient (Wildman–Crippen LogP) is 4.11. The fraction of sp³-hybridized carbons (Fsp3) is 0.786. The lowest BCUT2D eigenvalue weighted by Crippen LogP contribution is -2.38. The summed E-state index contributed by atoms with van der Waals surface area (Å²) in [5, 5.41) is 6.99. The van der Waals surface area contributed by atoms with Gasteiger partial charge in [-0.25, -0.2) is 4.98 Å². The van der Waals surface area contributed by atoms with Gasteiger partial charge in [-0.05, 0) is 20.3 Å². The first-order chi connectivity index (χ1) is 7.74. The Morgan fingerprint density at radius 3 is 2.35 bits per heavy atom. The first-order valence-corrected chi connectivity index (χ1v) is 7.32. The number of nitrogens with zero attached hydrogens (tertiary/aromatic N) is 1. The summed E-state index contributed by atoms with van der Waals surface area (Å²) in [7, 11) is 0. The van der Waals surface area contributed by atoms with Crippen molar-refractivity contribution in [3.63, 3.8) is 0 Å². The van der Waals surface area contributed by atoms with E-state index in [1.807, 2.05) is 0 Å². The number of aromatic nitrogens is 1. The average Bonchev–Trinajstić information content (AvgIpc) is 2.62. The van der Waals surface area contributed by atoms with Crippen LogP contribution in [0, 0.1) is 0 Å². The van der Waals surface area contributed by atoms with Gasteiger partial charge in [0.05, 0.1) is 10.7 Å². The van der Waals surface area contributed by atoms with Gasteiger partial charge in [-0.1, -0.05) is 34.1 Å². The van der Waals surface area contributed by atoms with Crippen LogP contribution in [0.2, 0.25) is 0 Å². The molecule has 0 saturated carbocycles. The van der Waals surface area contributed by atoms with Crippen molar-refractivity contribution >= 4 is 11.3 Å². The maximum atomic E-state index is 4.70. The summed E-state index contributed by atoms with van der Waals surface area (Å²) in [6.45, 7) is 14.3. The minimum atomic E-state index is 0.169. The van der Waals surface area contributed by atoms with Crippen LogP contribution in [-0.4, -0.2) is 10.5 Å². The molecule has 2 nitrogen and oxygen atoms in total. The third-order valence-corrected chi connectivity index (χ3v) is 4.13. The summed E-state index contributed by atoms with van der Waals surface area (Å²) >= 11 is 1.77. The van der Waals surface area contributed by atoms with E-state index in [9.17, 15) is 0 Å². The summed E-state index contributed by atoms with van der Waals surface area (Å²) in [5.41, 5.74) is 1.55. The molecule has 3 heteroatoms. The highest BCUT2D eigenvalue weighted by molar-refractivity contribution is 7.09. The molecule has 0 radical (unpaired) electrons. The highest BCUT2D eigenvalue weighted by Crippen LogP contribution is 2.25. The lowest BCUT2D eigenvalue weighted by atomic mass is 9.98. The molecule has 0 aromatic carbocycles. The second-order valence-electron chi connectivity index (χ2n) is 6.38. The zero-order chi connectivity index (χ0) is 13.1. The number of rotatable bonds is 5. The Hall–Kier alpha value is -0.410. The smallest absolute Gasteiger partial charge is 0.0982 e. The number of hydrogen-bond donors (Lipinski definition) is 1. The number of nitrogens with one attached hydrogen (secondary N) is 1. The van der Waals surface area contributed by atoms with Crippen LogP contribution in [0.4, 0.5) is 0 Å². The molecule has 1 heterocycles. The van der Waals surface area contributed by atoms with Crippen LogP contribution in [0.5, 0.6) is 0 Å². The SMILES string of the molecule is CCCC(C)(C)NCc1csc(C(C)(C)C)n1. The summed E-state index contributed by atoms with van der Waals surface area (Å²) in [5.74, 6) is 0. The van der Waals surface area contributed by atoms with Crippen molar-refractivity contribution in [2.24, 2.45) is 0 Å². The molecule has 0 aliphatic rings. The van der Waals surface area contributed by atoms with Crippen LogP contribution >= 0.6 is 11.3 Å². The van der Waals surface area contributed by atoms with Gasteiger partial charge in [0.25, 0.3) is 0 Å². The lowest BCUT2D eigenvalue weighted by molar-refractivity contribution is 0.355. The second-order valence-corrected chi connectivity index (χ2v) is 7.24. The van der Waals surface area contributed by atoms with E-state index >= 15 is 0 Å². The fourth-order valence-electron chi connectivity index (χ4n) is 1.78. The van der Waals surface area contributed by atoms with Crippen molar-refractivity contribution in [3.8, 4) is 0 Å². The normalized spacial score (nSPS) is 13.1. The first kappa shape index (κ1) is 14.7. The van der Waals surface area contributed by atoms with Gasteiger partial charge < -0.3 is 5.32 Å². The average molecular weight is 254 g/mol. The van der Waals surface area contributed by atoms with Gasteiger partial charge in [0, 0.05) is 22.9 Å². The van der Waals surface area contributed by atoms with Crippen molar-refractivity contribution in [2.45, 2.75) is 71.9 Å². The van der Waals surface area contributed by atoms with Crippen LogP contribution in [0.3, 0.4) is 0 Å². The van der Waals surface area contributed by atoms with E-state index in [-0.39, 0.29) is 11.0 Å². The van der Waals surface area contributed by atoms with Crippen LogP contribution < -0.4 is 5.32 Å². The Kier molecular flexibility index (Phi) is 4.73. The molecular weight excluding hydrogens is 228 g/mol. The monoisotopic (exact) mass is 254 g/mol. The molecule has 0 saturated heterocycles. The van der Waals surface area contributed by atoms with E-state index in [2.05, 4.69) is 52.2 Å². The molecule has 0 unspecified atom stereocenters. The molecule has 0 aliphatic carbocycles. The van der Waals surface area contributed by atoms with Crippen LogP contribution in [0.25, 0.3) is 0 Å². The molecule has 0 aliphatic heterocycles. The van der Waals surface area contributed by atoms with E-state index in [0.717, 1.165) is 6.54 Å². The Bertz CT molecular complexity index is 347. The van der Waals surface area contributed by atoms with Crippen molar-refractivity contribution < 1.29 is 0 Å².